The van der Waals surface area contributed by atoms with E-state index >= 15 is 0 Å². The van der Waals surface area contributed by atoms with Crippen molar-refractivity contribution in [3.05, 3.63) is 66.0 Å². The minimum atomic E-state index is -4.12. The van der Waals surface area contributed by atoms with E-state index in [1.165, 1.54) is 68.9 Å². The molecule has 1 saturated carbocycles. The van der Waals surface area contributed by atoms with Crippen molar-refractivity contribution >= 4 is 0 Å². The molecule has 0 unspecified atom stereocenters. The first-order chi connectivity index (χ1) is 15.3. The number of aryl methyl sites for hydroxylation is 1. The zero-order chi connectivity index (χ0) is 23.1. The summed E-state index contributed by atoms with van der Waals surface area (Å²) in [6.07, 6.45) is 2.37. The van der Waals surface area contributed by atoms with Crippen molar-refractivity contribution in [2.24, 2.45) is 11.8 Å². The highest BCUT2D eigenvalue weighted by atomic mass is 19.3. The van der Waals surface area contributed by atoms with Crippen molar-refractivity contribution in [2.45, 2.75) is 64.4 Å². The highest BCUT2D eigenvalue weighted by Gasteiger charge is 2.30. The molecule has 2 aromatic rings. The van der Waals surface area contributed by atoms with Gasteiger partial charge in [-0.3, -0.25) is 0 Å². The number of ether oxygens (including phenoxy) is 1. The van der Waals surface area contributed by atoms with Crippen LogP contribution < -0.4 is 4.74 Å². The predicted octanol–water partition coefficient (Wildman–Crippen LogP) is 8.78. The highest BCUT2D eigenvalue weighted by molar-refractivity contribution is 5.65. The van der Waals surface area contributed by atoms with Crippen LogP contribution in [0.1, 0.15) is 57.4 Å². The molecule has 0 bridgehead atoms. The van der Waals surface area contributed by atoms with Crippen molar-refractivity contribution in [3.8, 4) is 16.9 Å². The Kier molecular flexibility index (Phi) is 8.32. The molecule has 1 aliphatic carbocycles. The van der Waals surface area contributed by atoms with Crippen LogP contribution in [0.3, 0.4) is 0 Å². The molecule has 0 aliphatic heterocycles. The summed E-state index contributed by atoms with van der Waals surface area (Å²) < 4.78 is 69.7. The zero-order valence-electron chi connectivity index (χ0n) is 18.2. The van der Waals surface area contributed by atoms with E-state index in [-0.39, 0.29) is 11.6 Å². The van der Waals surface area contributed by atoms with Crippen molar-refractivity contribution in [1.82, 2.24) is 0 Å². The molecule has 3 rings (SSSR count). The Labute approximate surface area is 186 Å². The first-order valence-electron chi connectivity index (χ1n) is 11.3. The average molecular weight is 453 g/mol. The Balaban J connectivity index is 1.57. The van der Waals surface area contributed by atoms with Crippen LogP contribution in [-0.4, -0.2) is 6.11 Å². The first-order valence-corrected chi connectivity index (χ1v) is 11.3. The molecule has 174 valence electrons. The highest BCUT2D eigenvalue weighted by Crippen LogP contribution is 2.34. The Bertz CT molecular complexity index is 895. The van der Waals surface area contributed by atoms with E-state index in [1.54, 1.807) is 6.07 Å². The van der Waals surface area contributed by atoms with E-state index in [9.17, 15) is 22.0 Å². The summed E-state index contributed by atoms with van der Waals surface area (Å²) in [5.41, 5.74) is 1.79. The van der Waals surface area contributed by atoms with Gasteiger partial charge in [0.25, 0.3) is 6.08 Å². The normalized spacial score (nSPS) is 18.9. The summed E-state index contributed by atoms with van der Waals surface area (Å²) in [6.45, 7) is 2.24. The maximum Gasteiger partial charge on any atom is 0.425 e. The average Bonchev–Trinajstić information content (AvgIpc) is 2.73. The van der Waals surface area contributed by atoms with Crippen molar-refractivity contribution in [3.63, 3.8) is 0 Å². The van der Waals surface area contributed by atoms with Crippen LogP contribution >= 0.6 is 0 Å². The van der Waals surface area contributed by atoms with Crippen LogP contribution in [-0.2, 0) is 6.42 Å². The third-order valence-electron chi connectivity index (χ3n) is 6.23. The molecule has 0 atom stereocenters. The monoisotopic (exact) mass is 452 g/mol. The minimum Gasteiger partial charge on any atom is -0.429 e. The van der Waals surface area contributed by atoms with Crippen molar-refractivity contribution in [1.29, 1.82) is 0 Å². The SMILES string of the molecule is CCCC1CCC(CCc2ccc(-c3ccc(OC(F)(F)C=C(F)F)cc3)c(F)c2)CC1. The number of alkyl halides is 2. The molecule has 1 aliphatic rings. The van der Waals surface area contributed by atoms with Crippen LogP contribution in [0.2, 0.25) is 0 Å². The molecular weight excluding hydrogens is 423 g/mol. The van der Waals surface area contributed by atoms with Gasteiger partial charge in [0.05, 0.1) is 6.08 Å². The van der Waals surface area contributed by atoms with E-state index in [0.717, 1.165) is 24.3 Å². The summed E-state index contributed by atoms with van der Waals surface area (Å²) in [7, 11) is 0. The minimum absolute atomic E-state index is 0.290. The van der Waals surface area contributed by atoms with Gasteiger partial charge in [-0.2, -0.15) is 17.6 Å². The Hall–Kier alpha value is -2.37. The van der Waals surface area contributed by atoms with Gasteiger partial charge in [0.2, 0.25) is 0 Å². The molecule has 0 saturated heterocycles. The van der Waals surface area contributed by atoms with Gasteiger partial charge < -0.3 is 4.74 Å². The second-order valence-electron chi connectivity index (χ2n) is 8.65. The van der Waals surface area contributed by atoms with Crippen LogP contribution in [0.15, 0.2) is 54.6 Å². The molecular formula is C26H29F5O. The lowest BCUT2D eigenvalue weighted by Crippen LogP contribution is -2.21. The maximum atomic E-state index is 14.7. The number of rotatable bonds is 9. The molecule has 0 aromatic heterocycles. The summed E-state index contributed by atoms with van der Waals surface area (Å²) in [4.78, 5) is 0. The van der Waals surface area contributed by atoms with Crippen LogP contribution in [0.5, 0.6) is 5.75 Å². The van der Waals surface area contributed by atoms with E-state index < -0.39 is 18.3 Å². The van der Waals surface area contributed by atoms with Gasteiger partial charge in [-0.05, 0) is 54.0 Å². The molecule has 1 fully saturated rings. The lowest BCUT2D eigenvalue weighted by atomic mass is 9.78. The smallest absolute Gasteiger partial charge is 0.425 e. The van der Waals surface area contributed by atoms with E-state index in [1.807, 2.05) is 6.07 Å². The molecule has 0 radical (unpaired) electrons. The van der Waals surface area contributed by atoms with Gasteiger partial charge in [-0.25, -0.2) is 4.39 Å². The third kappa shape index (κ3) is 7.07. The van der Waals surface area contributed by atoms with Gasteiger partial charge in [0.15, 0.2) is 0 Å². The van der Waals surface area contributed by atoms with E-state index in [2.05, 4.69) is 11.7 Å². The molecule has 6 heteroatoms. The molecule has 1 nitrogen and oxygen atoms in total. The zero-order valence-corrected chi connectivity index (χ0v) is 18.2. The largest absolute Gasteiger partial charge is 0.429 e. The molecule has 0 heterocycles. The topological polar surface area (TPSA) is 9.23 Å². The number of hydrogen-bond acceptors (Lipinski definition) is 1. The van der Waals surface area contributed by atoms with Gasteiger partial charge in [-0.15, -0.1) is 0 Å². The van der Waals surface area contributed by atoms with Gasteiger partial charge in [0.1, 0.15) is 11.6 Å². The summed E-state index contributed by atoms with van der Waals surface area (Å²) >= 11 is 0. The van der Waals surface area contributed by atoms with Crippen LogP contribution in [0.4, 0.5) is 22.0 Å². The fourth-order valence-electron chi connectivity index (χ4n) is 4.55. The molecule has 2 aromatic carbocycles. The molecule has 0 amide bonds. The van der Waals surface area contributed by atoms with E-state index in [0.29, 0.717) is 17.0 Å². The Morgan fingerprint density at radius 1 is 0.969 bits per heavy atom. The quantitative estimate of drug-likeness (QED) is 0.346. The Morgan fingerprint density at radius 2 is 1.59 bits per heavy atom. The second kappa shape index (κ2) is 11.0. The molecule has 0 N–H and O–H groups in total. The first kappa shape index (κ1) is 24.3. The fraction of sp³-hybridized carbons (Fsp3) is 0.462. The lowest BCUT2D eigenvalue weighted by molar-refractivity contribution is -0.133. The maximum absolute atomic E-state index is 14.7. The predicted molar refractivity (Wildman–Crippen MR) is 116 cm³/mol. The Morgan fingerprint density at radius 3 is 2.16 bits per heavy atom. The van der Waals surface area contributed by atoms with Crippen LogP contribution in [0, 0.1) is 17.7 Å². The van der Waals surface area contributed by atoms with Crippen molar-refractivity contribution < 1.29 is 26.7 Å². The van der Waals surface area contributed by atoms with Gasteiger partial charge >= 0.3 is 6.11 Å². The molecule has 32 heavy (non-hydrogen) atoms. The molecule has 0 spiro atoms. The number of hydrogen-bond donors (Lipinski definition) is 0. The van der Waals surface area contributed by atoms with E-state index in [4.69, 9.17) is 0 Å². The van der Waals surface area contributed by atoms with Gasteiger partial charge in [-0.1, -0.05) is 69.7 Å². The van der Waals surface area contributed by atoms with Crippen LogP contribution in [0.25, 0.3) is 11.1 Å². The summed E-state index contributed by atoms with van der Waals surface area (Å²) in [6, 6.07) is 10.4. The fourth-order valence-corrected chi connectivity index (χ4v) is 4.55. The third-order valence-corrected chi connectivity index (χ3v) is 6.23. The summed E-state index contributed by atoms with van der Waals surface area (Å²) in [5.74, 6) is 0.909. The number of halogens is 5. The second-order valence-corrected chi connectivity index (χ2v) is 8.65. The standard InChI is InChI=1S/C26H29F5O/c1-2-3-18-4-6-19(7-5-18)8-9-20-10-15-23(24(27)16-20)21-11-13-22(14-12-21)32-26(30,31)17-25(28)29/h10-19H,2-9H2,1H3. The lowest BCUT2D eigenvalue weighted by Gasteiger charge is -2.28. The van der Waals surface area contributed by atoms with Gasteiger partial charge in [0, 0.05) is 5.56 Å². The van der Waals surface area contributed by atoms with Crippen molar-refractivity contribution in [2.75, 3.05) is 0 Å². The number of benzene rings is 2. The summed E-state index contributed by atoms with van der Waals surface area (Å²) in [5, 5.41) is 0.